The molecule has 0 aromatic rings. The van der Waals surface area contributed by atoms with Crippen LogP contribution in [0.2, 0.25) is 0 Å². The summed E-state index contributed by atoms with van der Waals surface area (Å²) in [6, 6.07) is 0. The minimum absolute atomic E-state index is 0.186. The highest BCUT2D eigenvalue weighted by molar-refractivity contribution is 7.47. The molecule has 0 rings (SSSR count). The molecule has 0 spiro atoms. The second-order valence-corrected chi connectivity index (χ2v) is 21.8. The van der Waals surface area contributed by atoms with Crippen LogP contribution in [-0.4, -0.2) is 65.7 Å². The molecule has 0 aliphatic rings. The molecular formula is C58H113O10P. The van der Waals surface area contributed by atoms with Crippen molar-refractivity contribution >= 4 is 19.8 Å². The van der Waals surface area contributed by atoms with Crippen LogP contribution in [0.25, 0.3) is 0 Å². The Hall–Kier alpha value is -1.29. The van der Waals surface area contributed by atoms with Crippen molar-refractivity contribution in [2.45, 2.75) is 321 Å². The van der Waals surface area contributed by atoms with Gasteiger partial charge in [0.05, 0.1) is 19.8 Å². The number of carbonyl (C=O) groups is 2. The number of allylic oxidation sites excluding steroid dienone is 2. The number of ether oxygens (including phenoxy) is 2. The van der Waals surface area contributed by atoms with Gasteiger partial charge in [-0.25, -0.2) is 4.57 Å². The van der Waals surface area contributed by atoms with Crippen molar-refractivity contribution in [2.24, 2.45) is 0 Å². The average molecular weight is 1000 g/mol. The minimum Gasteiger partial charge on any atom is -0.462 e. The zero-order chi connectivity index (χ0) is 50.4. The Morgan fingerprint density at radius 3 is 1.09 bits per heavy atom. The summed E-state index contributed by atoms with van der Waals surface area (Å²) < 4.78 is 33.0. The fourth-order valence-electron chi connectivity index (χ4n) is 8.89. The number of phosphoric ester groups is 1. The fourth-order valence-corrected chi connectivity index (χ4v) is 9.67. The molecule has 0 radical (unpaired) electrons. The predicted octanol–water partition coefficient (Wildman–Crippen LogP) is 17.5. The predicted molar refractivity (Wildman–Crippen MR) is 289 cm³/mol. The second kappa shape index (κ2) is 54.5. The van der Waals surface area contributed by atoms with E-state index in [9.17, 15) is 24.2 Å². The fraction of sp³-hybridized carbons (Fsp3) is 0.931. The van der Waals surface area contributed by atoms with Gasteiger partial charge in [0.1, 0.15) is 12.7 Å². The van der Waals surface area contributed by atoms with Gasteiger partial charge < -0.3 is 24.6 Å². The van der Waals surface area contributed by atoms with Crippen LogP contribution in [0.5, 0.6) is 0 Å². The highest BCUT2D eigenvalue weighted by Gasteiger charge is 2.27. The molecule has 0 saturated carbocycles. The topological polar surface area (TPSA) is 149 Å². The van der Waals surface area contributed by atoms with Gasteiger partial charge in [0.15, 0.2) is 6.10 Å². The molecule has 0 fully saturated rings. The number of hydrogen-bond donors (Lipinski definition) is 3. The standard InChI is InChI=1S/C58H113O10P/c1-3-5-7-9-11-13-15-17-19-21-23-25-27-29-31-33-35-37-39-41-43-45-47-49-57(61)65-53-56(54-67-69(63,64)66-52-55(60)51-59)68-58(62)50-48-46-44-42-40-38-36-34-32-30-28-26-24-22-20-18-16-14-12-10-8-6-4-2/h41,43,55-56,59-60H,3-40,42,44-54H2,1-2H3,(H,63,64)/b43-41+/t55-,56+/m0/s1. The number of hydrogen-bond acceptors (Lipinski definition) is 9. The summed E-state index contributed by atoms with van der Waals surface area (Å²) in [5.74, 6) is -0.940. The molecule has 1 unspecified atom stereocenters. The molecule has 0 aliphatic carbocycles. The zero-order valence-corrected chi connectivity index (χ0v) is 46.2. The number of esters is 2. The summed E-state index contributed by atoms with van der Waals surface area (Å²) in [5.41, 5.74) is 0. The first-order chi connectivity index (χ1) is 33.7. The molecule has 3 N–H and O–H groups in total. The number of unbranched alkanes of at least 4 members (excludes halogenated alkanes) is 41. The molecule has 0 aromatic heterocycles. The average Bonchev–Trinajstić information content (AvgIpc) is 3.34. The monoisotopic (exact) mass is 1000 g/mol. The molecular weight excluding hydrogens is 888 g/mol. The van der Waals surface area contributed by atoms with Gasteiger partial charge in [0.25, 0.3) is 0 Å². The third kappa shape index (κ3) is 54.3. The van der Waals surface area contributed by atoms with Crippen molar-refractivity contribution in [2.75, 3.05) is 26.4 Å². The third-order valence-corrected chi connectivity index (χ3v) is 14.4. The van der Waals surface area contributed by atoms with E-state index in [0.717, 1.165) is 32.1 Å². The number of phosphoric acid groups is 1. The molecule has 0 saturated heterocycles. The smallest absolute Gasteiger partial charge is 0.462 e. The van der Waals surface area contributed by atoms with E-state index in [4.69, 9.17) is 23.6 Å². The van der Waals surface area contributed by atoms with Gasteiger partial charge in [-0.05, 0) is 32.1 Å². The van der Waals surface area contributed by atoms with Crippen molar-refractivity contribution in [1.29, 1.82) is 0 Å². The van der Waals surface area contributed by atoms with E-state index in [2.05, 4.69) is 26.0 Å². The summed E-state index contributed by atoms with van der Waals surface area (Å²) in [7, 11) is -4.63. The van der Waals surface area contributed by atoms with E-state index >= 15 is 0 Å². The second-order valence-electron chi connectivity index (χ2n) is 20.4. The molecule has 410 valence electrons. The SMILES string of the molecule is CCCCCCCCCCCCCCCCCCCC/C=C/CCCC(=O)OC[C@H](COP(=O)(O)OC[C@@H](O)CO)OC(=O)CCCCCCCCCCCCCCCCCCCCCCCCC. The van der Waals surface area contributed by atoms with Crippen molar-refractivity contribution < 1.29 is 47.8 Å². The molecule has 0 heterocycles. The molecule has 69 heavy (non-hydrogen) atoms. The van der Waals surface area contributed by atoms with Gasteiger partial charge in [0.2, 0.25) is 0 Å². The van der Waals surface area contributed by atoms with Crippen LogP contribution in [0.4, 0.5) is 0 Å². The molecule has 3 atom stereocenters. The minimum atomic E-state index is -4.63. The number of carbonyl (C=O) groups excluding carboxylic acids is 2. The normalized spacial score (nSPS) is 13.5. The van der Waals surface area contributed by atoms with Gasteiger partial charge in [-0.2, -0.15) is 0 Å². The Kier molecular flexibility index (Phi) is 53.5. The summed E-state index contributed by atoms with van der Waals surface area (Å²) in [6.07, 6.45) is 59.2. The highest BCUT2D eigenvalue weighted by Crippen LogP contribution is 2.43. The van der Waals surface area contributed by atoms with Crippen LogP contribution in [0.3, 0.4) is 0 Å². The van der Waals surface area contributed by atoms with Crippen molar-refractivity contribution in [1.82, 2.24) is 0 Å². The van der Waals surface area contributed by atoms with Gasteiger partial charge in [-0.1, -0.05) is 276 Å². The zero-order valence-electron chi connectivity index (χ0n) is 45.3. The van der Waals surface area contributed by atoms with Crippen LogP contribution in [0, 0.1) is 0 Å². The largest absolute Gasteiger partial charge is 0.472 e. The lowest BCUT2D eigenvalue weighted by Crippen LogP contribution is -2.29. The Balaban J connectivity index is 4.07. The Labute approximate surface area is 426 Å². The maximum Gasteiger partial charge on any atom is 0.472 e. The van der Waals surface area contributed by atoms with E-state index in [1.165, 1.54) is 238 Å². The van der Waals surface area contributed by atoms with E-state index in [-0.39, 0.29) is 19.4 Å². The summed E-state index contributed by atoms with van der Waals surface area (Å²) in [6.45, 7) is 2.44. The Morgan fingerprint density at radius 1 is 0.420 bits per heavy atom. The summed E-state index contributed by atoms with van der Waals surface area (Å²) in [4.78, 5) is 35.3. The number of rotatable bonds is 57. The lowest BCUT2D eigenvalue weighted by atomic mass is 10.0. The number of aliphatic hydroxyl groups is 2. The van der Waals surface area contributed by atoms with E-state index in [1.807, 2.05) is 0 Å². The molecule has 11 heteroatoms. The lowest BCUT2D eigenvalue weighted by Gasteiger charge is -2.20. The Bertz CT molecular complexity index is 1150. The molecule has 0 bridgehead atoms. The van der Waals surface area contributed by atoms with Crippen LogP contribution in [-0.2, 0) is 32.7 Å². The van der Waals surface area contributed by atoms with Gasteiger partial charge >= 0.3 is 19.8 Å². The summed E-state index contributed by atoms with van der Waals surface area (Å²) >= 11 is 0. The molecule has 0 amide bonds. The lowest BCUT2D eigenvalue weighted by molar-refractivity contribution is -0.161. The van der Waals surface area contributed by atoms with Crippen molar-refractivity contribution in [3.8, 4) is 0 Å². The van der Waals surface area contributed by atoms with Crippen LogP contribution >= 0.6 is 7.82 Å². The van der Waals surface area contributed by atoms with Gasteiger partial charge in [-0.3, -0.25) is 18.6 Å². The molecule has 10 nitrogen and oxygen atoms in total. The van der Waals surface area contributed by atoms with Crippen molar-refractivity contribution in [3.63, 3.8) is 0 Å². The summed E-state index contributed by atoms with van der Waals surface area (Å²) in [5, 5.41) is 18.5. The quantitative estimate of drug-likeness (QED) is 0.0233. The van der Waals surface area contributed by atoms with Gasteiger partial charge in [0, 0.05) is 12.8 Å². The highest BCUT2D eigenvalue weighted by atomic mass is 31.2. The van der Waals surface area contributed by atoms with Gasteiger partial charge in [-0.15, -0.1) is 0 Å². The van der Waals surface area contributed by atoms with Crippen molar-refractivity contribution in [3.05, 3.63) is 12.2 Å². The first-order valence-electron chi connectivity index (χ1n) is 29.6. The van der Waals surface area contributed by atoms with Crippen LogP contribution < -0.4 is 0 Å². The van der Waals surface area contributed by atoms with Crippen LogP contribution in [0.1, 0.15) is 309 Å². The molecule has 0 aliphatic heterocycles. The third-order valence-electron chi connectivity index (χ3n) is 13.4. The first kappa shape index (κ1) is 67.7. The van der Waals surface area contributed by atoms with E-state index in [0.29, 0.717) is 12.8 Å². The molecule has 0 aromatic carbocycles. The Morgan fingerprint density at radius 2 is 0.725 bits per heavy atom. The maximum atomic E-state index is 12.7. The van der Waals surface area contributed by atoms with E-state index in [1.54, 1.807) is 0 Å². The maximum absolute atomic E-state index is 12.7. The van der Waals surface area contributed by atoms with E-state index < -0.39 is 51.8 Å². The van der Waals surface area contributed by atoms with Crippen LogP contribution in [0.15, 0.2) is 12.2 Å². The first-order valence-corrected chi connectivity index (χ1v) is 31.1. The number of aliphatic hydroxyl groups excluding tert-OH is 2.